The Hall–Kier alpha value is -2.88. The minimum Gasteiger partial charge on any atom is -0.354 e. The fraction of sp³-hybridized carbons (Fsp3) is 0.304. The first-order chi connectivity index (χ1) is 12.9. The van der Waals surface area contributed by atoms with Crippen molar-refractivity contribution < 1.29 is 9.32 Å². The van der Waals surface area contributed by atoms with Crippen molar-refractivity contribution in [3.63, 3.8) is 0 Å². The van der Waals surface area contributed by atoms with E-state index >= 15 is 0 Å². The number of aromatic nitrogens is 1. The third-order valence-corrected chi connectivity index (χ3v) is 4.69. The number of aryl methyl sites for hydroxylation is 1. The van der Waals surface area contributed by atoms with Crippen LogP contribution >= 0.6 is 0 Å². The van der Waals surface area contributed by atoms with Crippen LogP contribution in [0.4, 0.5) is 5.82 Å². The second-order valence-electron chi connectivity index (χ2n) is 7.53. The summed E-state index contributed by atoms with van der Waals surface area (Å²) in [6.45, 7) is 10.5. The molecule has 0 saturated heterocycles. The molecule has 140 valence electrons. The molecule has 1 heterocycles. The zero-order chi connectivity index (χ0) is 19.6. The largest absolute Gasteiger partial charge is 0.354 e. The molecule has 0 bridgehead atoms. The van der Waals surface area contributed by atoms with E-state index in [0.29, 0.717) is 23.1 Å². The molecule has 1 N–H and O–H groups in total. The maximum Gasteiger partial charge on any atom is 0.256 e. The van der Waals surface area contributed by atoms with E-state index in [1.165, 1.54) is 5.56 Å². The second kappa shape index (κ2) is 7.78. The van der Waals surface area contributed by atoms with Crippen molar-refractivity contribution in [2.24, 2.45) is 0 Å². The normalized spacial score (nSPS) is 11.2. The molecule has 0 spiro atoms. The van der Waals surface area contributed by atoms with Crippen LogP contribution in [0.2, 0.25) is 0 Å². The number of anilines is 1. The number of amides is 1. The van der Waals surface area contributed by atoms with Crippen molar-refractivity contribution in [2.75, 3.05) is 5.32 Å². The number of nitrogens with zero attached hydrogens (tertiary/aromatic N) is 1. The molecule has 3 rings (SSSR count). The quantitative estimate of drug-likeness (QED) is 0.592. The highest BCUT2D eigenvalue weighted by Gasteiger charge is 2.22. The SMILES string of the molecule is Cc1ccc(C(=O)Nc2noc(-c3ccc(C(C)C)cc3)c2C(C)C)cc1. The number of hydrogen-bond donors (Lipinski definition) is 1. The molecule has 0 saturated carbocycles. The lowest BCUT2D eigenvalue weighted by molar-refractivity contribution is 0.102. The van der Waals surface area contributed by atoms with Gasteiger partial charge in [0.25, 0.3) is 5.91 Å². The molecule has 4 nitrogen and oxygen atoms in total. The zero-order valence-electron chi connectivity index (χ0n) is 16.5. The molecule has 0 unspecified atom stereocenters. The van der Waals surface area contributed by atoms with E-state index in [9.17, 15) is 4.79 Å². The second-order valence-corrected chi connectivity index (χ2v) is 7.53. The van der Waals surface area contributed by atoms with Gasteiger partial charge in [-0.05, 0) is 36.5 Å². The first-order valence-electron chi connectivity index (χ1n) is 9.34. The fourth-order valence-electron chi connectivity index (χ4n) is 3.04. The molecule has 27 heavy (non-hydrogen) atoms. The zero-order valence-corrected chi connectivity index (χ0v) is 16.5. The van der Waals surface area contributed by atoms with Crippen LogP contribution in [0.3, 0.4) is 0 Å². The Morgan fingerprint density at radius 3 is 2.11 bits per heavy atom. The molecule has 4 heteroatoms. The highest BCUT2D eigenvalue weighted by molar-refractivity contribution is 6.04. The van der Waals surface area contributed by atoms with Crippen LogP contribution in [0.5, 0.6) is 0 Å². The van der Waals surface area contributed by atoms with Gasteiger partial charge in [0.1, 0.15) is 0 Å². The first kappa shape index (κ1) is 18.9. The number of nitrogens with one attached hydrogen (secondary N) is 1. The smallest absolute Gasteiger partial charge is 0.256 e. The molecule has 0 aliphatic carbocycles. The summed E-state index contributed by atoms with van der Waals surface area (Å²) in [5, 5.41) is 7.05. The Bertz CT molecular complexity index is 920. The highest BCUT2D eigenvalue weighted by Crippen LogP contribution is 2.35. The van der Waals surface area contributed by atoms with Crippen molar-refractivity contribution in [1.29, 1.82) is 0 Å². The number of benzene rings is 2. The van der Waals surface area contributed by atoms with E-state index < -0.39 is 0 Å². The summed E-state index contributed by atoms with van der Waals surface area (Å²) in [5.74, 6) is 1.64. The van der Waals surface area contributed by atoms with Gasteiger partial charge in [-0.15, -0.1) is 0 Å². The number of hydrogen-bond acceptors (Lipinski definition) is 3. The highest BCUT2D eigenvalue weighted by atomic mass is 16.5. The molecular formula is C23H26N2O2. The monoisotopic (exact) mass is 362 g/mol. The van der Waals surface area contributed by atoms with Crippen molar-refractivity contribution in [3.05, 3.63) is 70.8 Å². The Balaban J connectivity index is 1.91. The summed E-state index contributed by atoms with van der Waals surface area (Å²) in [5.41, 5.74) is 4.86. The maximum atomic E-state index is 12.6. The Morgan fingerprint density at radius 1 is 0.926 bits per heavy atom. The molecule has 0 radical (unpaired) electrons. The van der Waals surface area contributed by atoms with Gasteiger partial charge in [-0.1, -0.05) is 74.8 Å². The van der Waals surface area contributed by atoms with Gasteiger partial charge < -0.3 is 9.84 Å². The molecule has 1 aromatic heterocycles. The Kier molecular flexibility index (Phi) is 5.45. The molecule has 2 aromatic carbocycles. The van der Waals surface area contributed by atoms with Gasteiger partial charge >= 0.3 is 0 Å². The van der Waals surface area contributed by atoms with E-state index in [-0.39, 0.29) is 11.8 Å². The van der Waals surface area contributed by atoms with Crippen LogP contribution in [0.25, 0.3) is 11.3 Å². The molecule has 3 aromatic rings. The summed E-state index contributed by atoms with van der Waals surface area (Å²) < 4.78 is 5.63. The predicted octanol–water partition coefficient (Wildman–Crippen LogP) is 6.15. The third kappa shape index (κ3) is 4.11. The molecule has 0 fully saturated rings. The maximum absolute atomic E-state index is 12.6. The van der Waals surface area contributed by atoms with E-state index in [2.05, 4.69) is 50.3 Å². The van der Waals surface area contributed by atoms with Gasteiger partial charge in [0, 0.05) is 16.7 Å². The van der Waals surface area contributed by atoms with E-state index in [1.807, 2.05) is 43.3 Å². The number of carbonyl (C=O) groups excluding carboxylic acids is 1. The van der Waals surface area contributed by atoms with Gasteiger partial charge in [0.05, 0.1) is 0 Å². The van der Waals surface area contributed by atoms with Gasteiger partial charge in [-0.25, -0.2) is 0 Å². The van der Waals surface area contributed by atoms with Crippen LogP contribution in [-0.2, 0) is 0 Å². The lowest BCUT2D eigenvalue weighted by Gasteiger charge is -2.10. The standard InChI is InChI=1S/C23H26N2O2/c1-14(2)17-10-12-18(13-11-17)21-20(15(3)4)22(25-27-21)24-23(26)19-8-6-16(5)7-9-19/h6-15H,1-5H3,(H,24,25,26). The van der Waals surface area contributed by atoms with Crippen LogP contribution in [0, 0.1) is 6.92 Å². The van der Waals surface area contributed by atoms with Crippen molar-refractivity contribution in [2.45, 2.75) is 46.5 Å². The van der Waals surface area contributed by atoms with Crippen LogP contribution in [0.15, 0.2) is 53.1 Å². The van der Waals surface area contributed by atoms with E-state index in [0.717, 1.165) is 16.7 Å². The van der Waals surface area contributed by atoms with Gasteiger partial charge in [-0.2, -0.15) is 0 Å². The summed E-state index contributed by atoms with van der Waals surface area (Å²) in [6, 6.07) is 15.8. The fourth-order valence-corrected chi connectivity index (χ4v) is 3.04. The summed E-state index contributed by atoms with van der Waals surface area (Å²) in [4.78, 5) is 12.6. The van der Waals surface area contributed by atoms with Gasteiger partial charge in [0.2, 0.25) is 0 Å². The third-order valence-electron chi connectivity index (χ3n) is 4.69. The number of rotatable bonds is 5. The first-order valence-corrected chi connectivity index (χ1v) is 9.34. The summed E-state index contributed by atoms with van der Waals surface area (Å²) in [6.07, 6.45) is 0. The van der Waals surface area contributed by atoms with Gasteiger partial charge in [0.15, 0.2) is 11.6 Å². The average molecular weight is 362 g/mol. The van der Waals surface area contributed by atoms with Gasteiger partial charge in [-0.3, -0.25) is 4.79 Å². The Labute approximate surface area is 160 Å². The van der Waals surface area contributed by atoms with E-state index in [1.54, 1.807) is 0 Å². The summed E-state index contributed by atoms with van der Waals surface area (Å²) >= 11 is 0. The van der Waals surface area contributed by atoms with Crippen LogP contribution < -0.4 is 5.32 Å². The topological polar surface area (TPSA) is 55.1 Å². The lowest BCUT2D eigenvalue weighted by atomic mass is 9.96. The van der Waals surface area contributed by atoms with Crippen molar-refractivity contribution >= 4 is 11.7 Å². The molecule has 0 aliphatic heterocycles. The molecule has 0 atom stereocenters. The Morgan fingerprint density at radius 2 is 1.56 bits per heavy atom. The molecule has 1 amide bonds. The average Bonchev–Trinajstić information content (AvgIpc) is 3.06. The van der Waals surface area contributed by atoms with E-state index in [4.69, 9.17) is 4.52 Å². The minimum absolute atomic E-state index is 0.157. The van der Waals surface area contributed by atoms with Crippen molar-refractivity contribution in [1.82, 2.24) is 5.16 Å². The van der Waals surface area contributed by atoms with Crippen LogP contribution in [-0.4, -0.2) is 11.1 Å². The predicted molar refractivity (Wildman–Crippen MR) is 109 cm³/mol. The lowest BCUT2D eigenvalue weighted by Crippen LogP contribution is -2.13. The minimum atomic E-state index is -0.188. The molecular weight excluding hydrogens is 336 g/mol. The van der Waals surface area contributed by atoms with Crippen molar-refractivity contribution in [3.8, 4) is 11.3 Å². The number of carbonyl (C=O) groups is 1. The van der Waals surface area contributed by atoms with Crippen LogP contribution in [0.1, 0.15) is 66.6 Å². The summed E-state index contributed by atoms with van der Waals surface area (Å²) in [7, 11) is 0. The molecule has 0 aliphatic rings.